The zero-order valence-corrected chi connectivity index (χ0v) is 14.2. The summed E-state index contributed by atoms with van der Waals surface area (Å²) in [5.41, 5.74) is 1.08. The number of urea groups is 1. The van der Waals surface area contributed by atoms with Crippen LogP contribution in [-0.2, 0) is 0 Å². The summed E-state index contributed by atoms with van der Waals surface area (Å²) in [5, 5.41) is 13.4. The first kappa shape index (κ1) is 17.1. The van der Waals surface area contributed by atoms with Gasteiger partial charge in [0.1, 0.15) is 0 Å². The highest BCUT2D eigenvalue weighted by atomic mass is 35.5. The number of aliphatic hydroxyl groups is 1. The Labute approximate surface area is 137 Å². The van der Waals surface area contributed by atoms with Crippen LogP contribution in [0.25, 0.3) is 0 Å². The average Bonchev–Trinajstić information content (AvgIpc) is 3.27. The maximum Gasteiger partial charge on any atom is 0.318 e. The molecule has 22 heavy (non-hydrogen) atoms. The summed E-state index contributed by atoms with van der Waals surface area (Å²) in [7, 11) is 0. The Morgan fingerprint density at radius 2 is 1.91 bits per heavy atom. The molecule has 1 aliphatic carbocycles. The van der Waals surface area contributed by atoms with Gasteiger partial charge in [-0.05, 0) is 57.2 Å². The van der Waals surface area contributed by atoms with Crippen molar-refractivity contribution in [2.75, 3.05) is 6.54 Å². The predicted molar refractivity (Wildman–Crippen MR) is 89.0 cm³/mol. The highest BCUT2D eigenvalue weighted by Gasteiger charge is 2.34. The molecular weight excluding hydrogens is 300 g/mol. The summed E-state index contributed by atoms with van der Waals surface area (Å²) in [6, 6.07) is 7.59. The van der Waals surface area contributed by atoms with Gasteiger partial charge in [-0.15, -0.1) is 0 Å². The molecule has 2 atom stereocenters. The largest absolute Gasteiger partial charge is 0.392 e. The van der Waals surface area contributed by atoms with Crippen LogP contribution in [0.1, 0.15) is 45.2 Å². The quantitative estimate of drug-likeness (QED) is 0.840. The van der Waals surface area contributed by atoms with Crippen LogP contribution in [0.4, 0.5) is 4.79 Å². The number of carbonyl (C=O) groups is 1. The van der Waals surface area contributed by atoms with E-state index in [9.17, 15) is 9.90 Å². The number of nitrogens with zero attached hydrogens (tertiary/aromatic N) is 1. The first-order valence-electron chi connectivity index (χ1n) is 7.89. The molecule has 1 saturated carbocycles. The molecule has 0 aromatic heterocycles. The van der Waals surface area contributed by atoms with Crippen molar-refractivity contribution in [2.45, 2.75) is 51.8 Å². The summed E-state index contributed by atoms with van der Waals surface area (Å²) in [6.45, 7) is 5.94. The van der Waals surface area contributed by atoms with Crippen LogP contribution in [0.3, 0.4) is 0 Å². The van der Waals surface area contributed by atoms with E-state index in [0.29, 0.717) is 17.5 Å². The van der Waals surface area contributed by atoms with Gasteiger partial charge < -0.3 is 15.3 Å². The lowest BCUT2D eigenvalue weighted by Gasteiger charge is -2.30. The third kappa shape index (κ3) is 4.62. The fourth-order valence-corrected chi connectivity index (χ4v) is 2.73. The number of nitrogens with one attached hydrogen (secondary N) is 1. The molecule has 1 fully saturated rings. The van der Waals surface area contributed by atoms with Crippen LogP contribution in [0.15, 0.2) is 24.3 Å². The van der Waals surface area contributed by atoms with Gasteiger partial charge in [0, 0.05) is 17.6 Å². The molecule has 0 spiro atoms. The van der Waals surface area contributed by atoms with Crippen molar-refractivity contribution in [2.24, 2.45) is 5.92 Å². The van der Waals surface area contributed by atoms with Gasteiger partial charge in [0.25, 0.3) is 0 Å². The van der Waals surface area contributed by atoms with Crippen molar-refractivity contribution in [1.29, 1.82) is 0 Å². The molecule has 4 nitrogen and oxygen atoms in total. The van der Waals surface area contributed by atoms with E-state index in [1.165, 1.54) is 0 Å². The highest BCUT2D eigenvalue weighted by Crippen LogP contribution is 2.41. The van der Waals surface area contributed by atoms with E-state index in [0.717, 1.165) is 18.4 Å². The van der Waals surface area contributed by atoms with Gasteiger partial charge in [0.15, 0.2) is 0 Å². The maximum atomic E-state index is 12.6. The van der Waals surface area contributed by atoms with Gasteiger partial charge >= 0.3 is 6.03 Å². The topological polar surface area (TPSA) is 52.6 Å². The molecule has 2 N–H and O–H groups in total. The maximum absolute atomic E-state index is 12.6. The zero-order valence-electron chi connectivity index (χ0n) is 13.4. The average molecular weight is 325 g/mol. The van der Waals surface area contributed by atoms with Crippen molar-refractivity contribution < 1.29 is 9.90 Å². The molecule has 0 aliphatic heterocycles. The first-order chi connectivity index (χ1) is 10.4. The van der Waals surface area contributed by atoms with E-state index in [1.807, 2.05) is 38.1 Å². The molecule has 122 valence electrons. The lowest BCUT2D eigenvalue weighted by molar-refractivity contribution is 0.117. The van der Waals surface area contributed by atoms with E-state index in [-0.39, 0.29) is 18.1 Å². The minimum absolute atomic E-state index is 0.0139. The van der Waals surface area contributed by atoms with Gasteiger partial charge in [-0.2, -0.15) is 0 Å². The molecule has 2 rings (SSSR count). The van der Waals surface area contributed by atoms with Crippen LogP contribution in [-0.4, -0.2) is 34.7 Å². The molecule has 1 aliphatic rings. The smallest absolute Gasteiger partial charge is 0.318 e. The number of benzene rings is 1. The number of amides is 2. The number of halogens is 1. The number of carbonyl (C=O) groups excluding carboxylic acids is 1. The molecule has 2 amide bonds. The molecule has 0 bridgehead atoms. The van der Waals surface area contributed by atoms with E-state index in [4.69, 9.17) is 11.6 Å². The van der Waals surface area contributed by atoms with Crippen LogP contribution in [0.2, 0.25) is 5.02 Å². The molecule has 0 radical (unpaired) electrons. The highest BCUT2D eigenvalue weighted by molar-refractivity contribution is 6.30. The van der Waals surface area contributed by atoms with Crippen molar-refractivity contribution in [1.82, 2.24) is 10.2 Å². The second kappa shape index (κ2) is 7.34. The molecular formula is C17H25ClN2O2. The second-order valence-corrected chi connectivity index (χ2v) is 6.85. The van der Waals surface area contributed by atoms with Gasteiger partial charge in [-0.1, -0.05) is 23.7 Å². The molecule has 2 unspecified atom stereocenters. The van der Waals surface area contributed by atoms with Crippen LogP contribution < -0.4 is 5.32 Å². The number of aliphatic hydroxyl groups excluding tert-OH is 1. The van der Waals surface area contributed by atoms with Crippen LogP contribution in [0.5, 0.6) is 0 Å². The molecule has 5 heteroatoms. The fourth-order valence-electron chi connectivity index (χ4n) is 2.60. The Hall–Kier alpha value is -1.26. The summed E-state index contributed by atoms with van der Waals surface area (Å²) in [5.74, 6) is 0.491. The lowest BCUT2D eigenvalue weighted by atomic mass is 10.0. The minimum atomic E-state index is -0.539. The SMILES string of the molecule is CC(O)CN(C(=O)NC(c1ccc(Cl)cc1)C1CC1)C(C)C. The van der Waals surface area contributed by atoms with E-state index in [1.54, 1.807) is 11.8 Å². The van der Waals surface area contributed by atoms with Crippen molar-refractivity contribution in [3.63, 3.8) is 0 Å². The molecule has 0 saturated heterocycles. The zero-order chi connectivity index (χ0) is 16.3. The van der Waals surface area contributed by atoms with Crippen LogP contribution in [0, 0.1) is 5.92 Å². The second-order valence-electron chi connectivity index (χ2n) is 6.41. The minimum Gasteiger partial charge on any atom is -0.392 e. The molecule has 1 aromatic carbocycles. The Kier molecular flexibility index (Phi) is 5.70. The number of hydrogen-bond acceptors (Lipinski definition) is 2. The van der Waals surface area contributed by atoms with E-state index in [2.05, 4.69) is 5.32 Å². The lowest BCUT2D eigenvalue weighted by Crippen LogP contribution is -2.48. The Balaban J connectivity index is 2.09. The Morgan fingerprint density at radius 3 is 2.36 bits per heavy atom. The van der Waals surface area contributed by atoms with Gasteiger partial charge in [-0.3, -0.25) is 0 Å². The summed E-state index contributed by atoms with van der Waals surface area (Å²) in [4.78, 5) is 14.3. The van der Waals surface area contributed by atoms with E-state index < -0.39 is 6.10 Å². The van der Waals surface area contributed by atoms with Crippen molar-refractivity contribution in [3.8, 4) is 0 Å². The predicted octanol–water partition coefficient (Wildman–Crippen LogP) is 3.59. The normalized spacial score (nSPS) is 17.2. The Bertz CT molecular complexity index is 498. The first-order valence-corrected chi connectivity index (χ1v) is 8.27. The van der Waals surface area contributed by atoms with Crippen molar-refractivity contribution >= 4 is 17.6 Å². The molecule has 1 aromatic rings. The van der Waals surface area contributed by atoms with Gasteiger partial charge in [0.2, 0.25) is 0 Å². The van der Waals surface area contributed by atoms with Gasteiger partial charge in [0.05, 0.1) is 12.1 Å². The summed E-state index contributed by atoms with van der Waals surface area (Å²) in [6.07, 6.45) is 1.72. The number of hydrogen-bond donors (Lipinski definition) is 2. The van der Waals surface area contributed by atoms with E-state index >= 15 is 0 Å². The third-order valence-corrected chi connectivity index (χ3v) is 4.20. The summed E-state index contributed by atoms with van der Waals surface area (Å²) < 4.78 is 0. The summed E-state index contributed by atoms with van der Waals surface area (Å²) >= 11 is 5.94. The van der Waals surface area contributed by atoms with Crippen molar-refractivity contribution in [3.05, 3.63) is 34.9 Å². The molecule has 0 heterocycles. The van der Waals surface area contributed by atoms with Gasteiger partial charge in [-0.25, -0.2) is 4.79 Å². The van der Waals surface area contributed by atoms with Crippen LogP contribution >= 0.6 is 11.6 Å². The monoisotopic (exact) mass is 324 g/mol. The fraction of sp³-hybridized carbons (Fsp3) is 0.588. The third-order valence-electron chi connectivity index (χ3n) is 3.95. The Morgan fingerprint density at radius 1 is 1.32 bits per heavy atom. The standard InChI is InChI=1S/C17H25ClN2O2/c1-11(2)20(10-12(3)21)17(22)19-16(13-4-5-13)14-6-8-15(18)9-7-14/h6-9,11-13,16,21H,4-5,10H2,1-3H3,(H,19,22). The number of rotatable bonds is 6.